The number of hydrogen-bond acceptors (Lipinski definition) is 12. The highest BCUT2D eigenvalue weighted by atomic mass is 16.5. The molecule has 1 heterocycles. The maximum absolute atomic E-state index is 13.5. The van der Waals surface area contributed by atoms with Gasteiger partial charge in [0.15, 0.2) is 35.4 Å². The van der Waals surface area contributed by atoms with Crippen LogP contribution in [0.15, 0.2) is 40.4 Å². The van der Waals surface area contributed by atoms with Crippen molar-refractivity contribution in [1.29, 1.82) is 0 Å². The molecule has 6 saturated carbocycles. The van der Waals surface area contributed by atoms with Gasteiger partial charge in [-0.3, -0.25) is 28.8 Å². The van der Waals surface area contributed by atoms with Crippen molar-refractivity contribution < 1.29 is 58.7 Å². The zero-order valence-electron chi connectivity index (χ0n) is 42.5. The number of fused-ring (bicyclic) bond motifs is 12. The molecule has 0 aromatic carbocycles. The molecule has 0 radical (unpaired) electrons. The summed E-state index contributed by atoms with van der Waals surface area (Å²) >= 11 is 0. The van der Waals surface area contributed by atoms with Gasteiger partial charge in [0, 0.05) is 48.9 Å². The van der Waals surface area contributed by atoms with E-state index in [4.69, 9.17) is 19.6 Å². The molecule has 382 valence electrons. The summed E-state index contributed by atoms with van der Waals surface area (Å²) in [6.45, 7) is 12.9. The standard InChI is InChI=1S/C25H31NO6.C21H30O4.C10H20O2/c1-13-26-25(20(30)12-31-14(2)27)21(32-13)10-18-17-6-5-15-9-16(28)7-8-23(15,3)22(17)19(29)11-24(18,25)4;1-19-8-5-14(23)11-13(19)3-4-15-16(19)6-9-20(2)17(15)7-10-21(20,25)18(24)12-22;1-2-3-4-5-6-7-8-9-10(11)12/h7-9,17-19,21-22,29H,5-6,10-12H2,1-4H3;11,15-17,22,25H,3-10,12H2,1-2H3;2-9H2,1H3,(H,11,12)/t17-,18-,19-,21+,22+,23-,24-,25+;15-,16+,17+,19+,20+,21+;/m01./s1. The lowest BCUT2D eigenvalue weighted by Crippen LogP contribution is -2.62. The fraction of sp³-hybridized carbons (Fsp3) is 0.768. The number of unbranched alkanes of at least 4 members (excludes halogenated alkanes) is 6. The molecular weight excluding hydrogens is 879 g/mol. The molecule has 13 nitrogen and oxygen atoms in total. The number of esters is 1. The highest BCUT2D eigenvalue weighted by Crippen LogP contribution is 2.70. The van der Waals surface area contributed by atoms with Crippen molar-refractivity contribution in [3.8, 4) is 0 Å². The smallest absolute Gasteiger partial charge is 0.303 e. The van der Waals surface area contributed by atoms with Crippen LogP contribution in [0.4, 0.5) is 0 Å². The first-order valence-electron chi connectivity index (χ1n) is 26.4. The minimum Gasteiger partial charge on any atom is -0.481 e. The number of nitrogens with zero attached hydrogens (tertiary/aromatic N) is 1. The van der Waals surface area contributed by atoms with E-state index in [9.17, 15) is 44.1 Å². The van der Waals surface area contributed by atoms with Crippen LogP contribution in [0.1, 0.15) is 177 Å². The van der Waals surface area contributed by atoms with Crippen molar-refractivity contribution in [2.24, 2.45) is 62.2 Å². The molecule has 0 amide bonds. The van der Waals surface area contributed by atoms with Crippen molar-refractivity contribution in [1.82, 2.24) is 0 Å². The Hall–Kier alpha value is -3.81. The van der Waals surface area contributed by atoms with Crippen LogP contribution in [0.2, 0.25) is 0 Å². The average Bonchev–Trinajstić information content (AvgIpc) is 3.88. The Balaban J connectivity index is 0.000000169. The topological polar surface area (TPSA) is 214 Å². The summed E-state index contributed by atoms with van der Waals surface area (Å²) in [6, 6.07) is 0. The van der Waals surface area contributed by atoms with Crippen molar-refractivity contribution in [2.75, 3.05) is 13.2 Å². The molecule has 9 rings (SSSR count). The lowest BCUT2D eigenvalue weighted by atomic mass is 9.46. The van der Waals surface area contributed by atoms with Gasteiger partial charge < -0.3 is 29.9 Å². The third-order valence-electron chi connectivity index (χ3n) is 19.9. The minimum atomic E-state index is -1.36. The summed E-state index contributed by atoms with van der Waals surface area (Å²) in [6.07, 6.45) is 24.4. The van der Waals surface area contributed by atoms with Crippen LogP contribution in [-0.2, 0) is 38.2 Å². The quantitative estimate of drug-likeness (QED) is 0.101. The Morgan fingerprint density at radius 3 is 2.16 bits per heavy atom. The maximum atomic E-state index is 13.5. The molecule has 9 aliphatic rings. The van der Waals surface area contributed by atoms with Gasteiger partial charge in [0.05, 0.1) is 6.10 Å². The van der Waals surface area contributed by atoms with Crippen molar-refractivity contribution in [3.05, 3.63) is 35.5 Å². The lowest BCUT2D eigenvalue weighted by molar-refractivity contribution is -0.164. The number of rotatable bonds is 13. The number of carbonyl (C=O) groups is 6. The number of ketones is 4. The summed E-state index contributed by atoms with van der Waals surface area (Å²) in [5.74, 6) is 0.586. The second-order valence-corrected chi connectivity index (χ2v) is 23.3. The van der Waals surface area contributed by atoms with Gasteiger partial charge in [-0.25, -0.2) is 4.99 Å². The van der Waals surface area contributed by atoms with Gasteiger partial charge in [-0.2, -0.15) is 0 Å². The van der Waals surface area contributed by atoms with E-state index in [1.165, 1.54) is 44.6 Å². The molecule has 8 aliphatic carbocycles. The van der Waals surface area contributed by atoms with Crippen LogP contribution in [0.3, 0.4) is 0 Å². The van der Waals surface area contributed by atoms with Gasteiger partial charge in [0.1, 0.15) is 18.3 Å². The second-order valence-electron chi connectivity index (χ2n) is 23.3. The average molecular weight is 960 g/mol. The molecule has 0 aromatic heterocycles. The molecule has 0 unspecified atom stereocenters. The first-order valence-corrected chi connectivity index (χ1v) is 26.4. The van der Waals surface area contributed by atoms with Gasteiger partial charge in [-0.15, -0.1) is 0 Å². The van der Waals surface area contributed by atoms with Gasteiger partial charge in [0.2, 0.25) is 5.78 Å². The van der Waals surface area contributed by atoms with Crippen LogP contribution >= 0.6 is 0 Å². The Kier molecular flexibility index (Phi) is 15.6. The van der Waals surface area contributed by atoms with E-state index >= 15 is 0 Å². The van der Waals surface area contributed by atoms with Gasteiger partial charge >= 0.3 is 11.9 Å². The highest BCUT2D eigenvalue weighted by molar-refractivity contribution is 6.01. The zero-order valence-corrected chi connectivity index (χ0v) is 42.5. The van der Waals surface area contributed by atoms with Gasteiger partial charge in [-0.1, -0.05) is 90.4 Å². The second kappa shape index (κ2) is 20.4. The number of aliphatic hydroxyl groups excluding tert-OH is 2. The number of aliphatic carboxylic acids is 1. The summed E-state index contributed by atoms with van der Waals surface area (Å²) in [5.41, 5.74) is -1.37. The first kappa shape index (κ1) is 53.0. The molecule has 14 atom stereocenters. The largest absolute Gasteiger partial charge is 0.481 e. The fourth-order valence-electron chi connectivity index (χ4n) is 16.4. The molecule has 0 bridgehead atoms. The van der Waals surface area contributed by atoms with Crippen molar-refractivity contribution >= 4 is 41.0 Å². The van der Waals surface area contributed by atoms with E-state index in [2.05, 4.69) is 34.6 Å². The third-order valence-corrected chi connectivity index (χ3v) is 19.9. The Morgan fingerprint density at radius 1 is 0.812 bits per heavy atom. The van der Waals surface area contributed by atoms with E-state index in [0.29, 0.717) is 55.8 Å². The highest BCUT2D eigenvalue weighted by Gasteiger charge is 2.75. The number of ether oxygens (including phenoxy) is 2. The third kappa shape index (κ3) is 9.21. The monoisotopic (exact) mass is 960 g/mol. The first-order chi connectivity index (χ1) is 32.6. The molecule has 6 fully saturated rings. The van der Waals surface area contributed by atoms with E-state index in [1.807, 2.05) is 12.2 Å². The molecule has 0 aromatic rings. The molecule has 4 N–H and O–H groups in total. The van der Waals surface area contributed by atoms with Crippen LogP contribution in [0.5, 0.6) is 0 Å². The van der Waals surface area contributed by atoms with Gasteiger partial charge in [0.25, 0.3) is 0 Å². The Bertz CT molecular complexity index is 2160. The number of carboxylic acids is 1. The molecule has 13 heteroatoms. The van der Waals surface area contributed by atoms with Crippen LogP contribution in [0, 0.1) is 57.2 Å². The molecular formula is C56H81NO12. The van der Waals surface area contributed by atoms with Crippen LogP contribution in [-0.4, -0.2) is 98.0 Å². The molecule has 1 aliphatic heterocycles. The number of carboxylic acid groups (broad SMARTS) is 1. The lowest BCUT2D eigenvalue weighted by Gasteiger charge is -2.59. The number of allylic oxidation sites excluding steroid dienone is 5. The summed E-state index contributed by atoms with van der Waals surface area (Å²) < 4.78 is 11.2. The van der Waals surface area contributed by atoms with E-state index < -0.39 is 58.5 Å². The number of Topliss-reactive ketones (excluding diaryl/α,β-unsaturated/α-hetero) is 2. The number of carbonyl (C=O) groups excluding carboxylic acids is 5. The number of hydrogen-bond donors (Lipinski definition) is 4. The summed E-state index contributed by atoms with van der Waals surface area (Å²) in [4.78, 5) is 76.1. The van der Waals surface area contributed by atoms with E-state index in [1.54, 1.807) is 19.1 Å². The number of aliphatic hydroxyl groups is 3. The minimum absolute atomic E-state index is 0.00898. The van der Waals surface area contributed by atoms with Crippen molar-refractivity contribution in [3.63, 3.8) is 0 Å². The summed E-state index contributed by atoms with van der Waals surface area (Å²) in [5, 5.41) is 40.4. The predicted octanol–water partition coefficient (Wildman–Crippen LogP) is 8.59. The molecule has 69 heavy (non-hydrogen) atoms. The summed E-state index contributed by atoms with van der Waals surface area (Å²) in [7, 11) is 0. The Labute approximate surface area is 409 Å². The molecule has 0 spiro atoms. The normalized spacial score (nSPS) is 40.9. The Morgan fingerprint density at radius 2 is 1.48 bits per heavy atom. The maximum Gasteiger partial charge on any atom is 0.303 e. The fourth-order valence-corrected chi connectivity index (χ4v) is 16.4. The van der Waals surface area contributed by atoms with Gasteiger partial charge in [-0.05, 0) is 130 Å². The number of aliphatic imine (C=N–C) groups is 1. The SMILES string of the molecule is CC(=O)OCC(=O)[C@@]12N=C(C)O[C@@H]1C[C@H]1[C@@H]3CCC4=CC(=O)C=C[C@]4(C)[C@H]3[C@@H](O)C[C@@]12C.CCCCCCCCCC(=O)O.C[C@]12CCC(=O)C=C1CC[C@@H]1[C@@H]2CC[C@@]2(C)[C@H]1CC[C@]2(O)C(=O)CO. The predicted molar refractivity (Wildman–Crippen MR) is 260 cm³/mol. The van der Waals surface area contributed by atoms with Crippen LogP contribution in [0.25, 0.3) is 0 Å². The van der Waals surface area contributed by atoms with E-state index in [0.717, 1.165) is 69.8 Å². The molecule has 0 saturated heterocycles. The van der Waals surface area contributed by atoms with Crippen LogP contribution < -0.4 is 0 Å². The zero-order chi connectivity index (χ0) is 50.3. The van der Waals surface area contributed by atoms with Crippen molar-refractivity contribution in [2.45, 2.75) is 200 Å². The van der Waals surface area contributed by atoms with E-state index in [-0.39, 0.29) is 52.5 Å².